The second kappa shape index (κ2) is 12.4. The van der Waals surface area contributed by atoms with Crippen LogP contribution >= 0.6 is 11.6 Å². The summed E-state index contributed by atoms with van der Waals surface area (Å²) in [6.07, 6.45) is -0.716. The van der Waals surface area contributed by atoms with Crippen LogP contribution in [0.5, 0.6) is 0 Å². The molecule has 1 heterocycles. The number of aliphatic carboxylic acids is 1. The number of benzene rings is 3. The monoisotopic (exact) mass is 533 g/mol. The van der Waals surface area contributed by atoms with Gasteiger partial charge in [-0.2, -0.15) is 0 Å². The minimum atomic E-state index is -0.933. The van der Waals surface area contributed by atoms with Gasteiger partial charge in [-0.1, -0.05) is 83.5 Å². The highest BCUT2D eigenvalue weighted by Gasteiger charge is 2.21. The predicted molar refractivity (Wildman–Crippen MR) is 145 cm³/mol. The molecule has 0 unspecified atom stereocenters. The topological polar surface area (TPSA) is 114 Å². The van der Waals surface area contributed by atoms with Crippen molar-refractivity contribution in [3.8, 4) is 11.3 Å². The smallest absolute Gasteiger partial charge is 0.412 e. The lowest BCUT2D eigenvalue weighted by atomic mass is 10.0. The SMILES string of the molecule is Cc1noc(-c2ccc(CN[C@H](Cc3ccc(Cl)cc3)C(=O)O)cc2)c1NC(=O)O[C@H](C)c1ccccc1. The molecule has 1 amide bonds. The highest BCUT2D eigenvalue weighted by atomic mass is 35.5. The van der Waals surface area contributed by atoms with Gasteiger partial charge in [0.1, 0.15) is 23.5 Å². The van der Waals surface area contributed by atoms with E-state index in [0.29, 0.717) is 40.7 Å². The Morgan fingerprint density at radius 2 is 1.66 bits per heavy atom. The van der Waals surface area contributed by atoms with Crippen LogP contribution in [0.2, 0.25) is 5.02 Å². The van der Waals surface area contributed by atoms with E-state index in [9.17, 15) is 14.7 Å². The standard InChI is InChI=1S/C29H28ClN3O5/c1-18-26(32-29(36)37-19(2)22-6-4-3-5-7-22)27(38-33-18)23-12-8-21(9-13-23)17-31-25(28(34)35)16-20-10-14-24(30)15-11-20/h3-15,19,25,31H,16-17H2,1-2H3,(H,32,36)(H,34,35)/t19-,25-/m1/s1. The fourth-order valence-electron chi connectivity index (χ4n) is 3.92. The van der Waals surface area contributed by atoms with Crippen LogP contribution in [-0.2, 0) is 22.5 Å². The molecule has 0 radical (unpaired) electrons. The molecule has 4 aromatic rings. The molecular weight excluding hydrogens is 506 g/mol. The quantitative estimate of drug-likeness (QED) is 0.216. The van der Waals surface area contributed by atoms with Gasteiger partial charge in [-0.25, -0.2) is 4.79 Å². The maximum Gasteiger partial charge on any atom is 0.412 e. The molecule has 9 heteroatoms. The first-order chi connectivity index (χ1) is 18.3. The predicted octanol–water partition coefficient (Wildman–Crippen LogP) is 6.40. The molecule has 1 aromatic heterocycles. The molecule has 196 valence electrons. The molecular formula is C29H28ClN3O5. The van der Waals surface area contributed by atoms with Crippen molar-refractivity contribution < 1.29 is 24.0 Å². The van der Waals surface area contributed by atoms with E-state index in [1.54, 1.807) is 26.0 Å². The van der Waals surface area contributed by atoms with Crippen LogP contribution in [0.3, 0.4) is 0 Å². The number of aryl methyl sites for hydroxylation is 1. The molecule has 2 atom stereocenters. The number of carbonyl (C=O) groups is 2. The molecule has 0 aliphatic heterocycles. The lowest BCUT2D eigenvalue weighted by molar-refractivity contribution is -0.139. The summed E-state index contributed by atoms with van der Waals surface area (Å²) in [5, 5.41) is 20.1. The van der Waals surface area contributed by atoms with Crippen molar-refractivity contribution in [3.63, 3.8) is 0 Å². The van der Waals surface area contributed by atoms with Crippen LogP contribution < -0.4 is 10.6 Å². The van der Waals surface area contributed by atoms with Crippen LogP contribution in [0.15, 0.2) is 83.4 Å². The average molecular weight is 534 g/mol. The van der Waals surface area contributed by atoms with E-state index in [0.717, 1.165) is 16.7 Å². The number of hydrogen-bond acceptors (Lipinski definition) is 6. The van der Waals surface area contributed by atoms with Gasteiger partial charge < -0.3 is 19.7 Å². The molecule has 3 N–H and O–H groups in total. The van der Waals surface area contributed by atoms with E-state index in [-0.39, 0.29) is 0 Å². The highest BCUT2D eigenvalue weighted by Crippen LogP contribution is 2.31. The van der Waals surface area contributed by atoms with Crippen molar-refractivity contribution in [2.75, 3.05) is 5.32 Å². The number of nitrogens with zero attached hydrogens (tertiary/aromatic N) is 1. The average Bonchev–Trinajstić information content (AvgIpc) is 3.27. The molecule has 0 aliphatic carbocycles. The van der Waals surface area contributed by atoms with Crippen molar-refractivity contribution in [1.29, 1.82) is 0 Å². The Bertz CT molecular complexity index is 1370. The van der Waals surface area contributed by atoms with E-state index in [1.165, 1.54) is 0 Å². The lowest BCUT2D eigenvalue weighted by Crippen LogP contribution is -2.38. The summed E-state index contributed by atoms with van der Waals surface area (Å²) in [5.41, 5.74) is 4.29. The summed E-state index contributed by atoms with van der Waals surface area (Å²) in [4.78, 5) is 24.3. The number of hydrogen-bond donors (Lipinski definition) is 3. The summed E-state index contributed by atoms with van der Waals surface area (Å²) in [6.45, 7) is 3.89. The van der Waals surface area contributed by atoms with Crippen LogP contribution in [0, 0.1) is 6.92 Å². The maximum absolute atomic E-state index is 12.6. The van der Waals surface area contributed by atoms with Crippen LogP contribution in [0.4, 0.5) is 10.5 Å². The van der Waals surface area contributed by atoms with Crippen molar-refractivity contribution in [3.05, 3.63) is 106 Å². The van der Waals surface area contributed by atoms with E-state index >= 15 is 0 Å². The second-order valence-corrected chi connectivity index (χ2v) is 9.29. The molecule has 8 nitrogen and oxygen atoms in total. The van der Waals surface area contributed by atoms with Crippen LogP contribution in [0.1, 0.15) is 35.4 Å². The third-order valence-electron chi connectivity index (χ3n) is 6.06. The zero-order valence-electron chi connectivity index (χ0n) is 21.0. The number of carbonyl (C=O) groups excluding carboxylic acids is 1. The van der Waals surface area contributed by atoms with Crippen molar-refractivity contribution in [2.45, 2.75) is 39.0 Å². The summed E-state index contributed by atoms with van der Waals surface area (Å²) in [7, 11) is 0. The minimum absolute atomic E-state index is 0.329. The van der Waals surface area contributed by atoms with Crippen molar-refractivity contribution in [2.24, 2.45) is 0 Å². The molecule has 38 heavy (non-hydrogen) atoms. The van der Waals surface area contributed by atoms with E-state index in [4.69, 9.17) is 20.9 Å². The highest BCUT2D eigenvalue weighted by molar-refractivity contribution is 6.30. The second-order valence-electron chi connectivity index (χ2n) is 8.85. The Kier molecular flexibility index (Phi) is 8.78. The maximum atomic E-state index is 12.6. The van der Waals surface area contributed by atoms with Gasteiger partial charge in [0.15, 0.2) is 5.76 Å². The van der Waals surface area contributed by atoms with Gasteiger partial charge in [-0.05, 0) is 49.1 Å². The summed E-state index contributed by atoms with van der Waals surface area (Å²) >= 11 is 5.92. The number of carboxylic acid groups (broad SMARTS) is 1. The largest absolute Gasteiger partial charge is 0.480 e. The van der Waals surface area contributed by atoms with Crippen LogP contribution in [0.25, 0.3) is 11.3 Å². The van der Waals surface area contributed by atoms with Gasteiger partial charge in [0.05, 0.1) is 0 Å². The Hall–Kier alpha value is -4.14. The molecule has 0 saturated heterocycles. The molecule has 3 aromatic carbocycles. The summed E-state index contributed by atoms with van der Waals surface area (Å²) in [5.74, 6) is -0.532. The Morgan fingerprint density at radius 1 is 1.00 bits per heavy atom. The first-order valence-electron chi connectivity index (χ1n) is 12.1. The fraction of sp³-hybridized carbons (Fsp3) is 0.207. The van der Waals surface area contributed by atoms with Gasteiger partial charge >= 0.3 is 12.1 Å². The number of carboxylic acids is 1. The number of rotatable bonds is 10. The number of nitrogens with one attached hydrogen (secondary N) is 2. The first-order valence-corrected chi connectivity index (χ1v) is 12.5. The van der Waals surface area contributed by atoms with Crippen molar-refractivity contribution in [1.82, 2.24) is 10.5 Å². The minimum Gasteiger partial charge on any atom is -0.480 e. The zero-order valence-corrected chi connectivity index (χ0v) is 21.7. The number of anilines is 1. The number of ether oxygens (including phenoxy) is 1. The van der Waals surface area contributed by atoms with E-state index in [2.05, 4.69) is 15.8 Å². The Labute approximate surface area is 225 Å². The molecule has 0 spiro atoms. The normalized spacial score (nSPS) is 12.5. The number of amides is 1. The molecule has 0 saturated carbocycles. The Balaban J connectivity index is 1.38. The van der Waals surface area contributed by atoms with Gasteiger partial charge in [0, 0.05) is 17.1 Å². The van der Waals surface area contributed by atoms with Crippen molar-refractivity contribution >= 4 is 29.4 Å². The summed E-state index contributed by atoms with van der Waals surface area (Å²) in [6, 6.07) is 23.2. The van der Waals surface area contributed by atoms with Gasteiger partial charge in [0.2, 0.25) is 0 Å². The van der Waals surface area contributed by atoms with Gasteiger partial charge in [-0.3, -0.25) is 10.1 Å². The molecule has 0 aliphatic rings. The number of halogens is 1. The zero-order chi connectivity index (χ0) is 27.1. The van der Waals surface area contributed by atoms with Crippen LogP contribution in [-0.4, -0.2) is 28.4 Å². The number of aromatic nitrogens is 1. The first kappa shape index (κ1) is 26.9. The van der Waals surface area contributed by atoms with E-state index < -0.39 is 24.2 Å². The fourth-order valence-corrected chi connectivity index (χ4v) is 4.04. The molecule has 4 rings (SSSR count). The molecule has 0 bridgehead atoms. The third kappa shape index (κ3) is 7.00. The Morgan fingerprint density at radius 3 is 2.32 bits per heavy atom. The summed E-state index contributed by atoms with van der Waals surface area (Å²) < 4.78 is 11.0. The third-order valence-corrected chi connectivity index (χ3v) is 6.31. The van der Waals surface area contributed by atoms with E-state index in [1.807, 2.05) is 66.7 Å². The van der Waals surface area contributed by atoms with Gasteiger partial charge in [0.25, 0.3) is 0 Å². The lowest BCUT2D eigenvalue weighted by Gasteiger charge is -2.15. The molecule has 0 fully saturated rings. The van der Waals surface area contributed by atoms with Gasteiger partial charge in [-0.15, -0.1) is 0 Å².